The van der Waals surface area contributed by atoms with Gasteiger partial charge in [-0.2, -0.15) is 5.10 Å². The molecule has 6 nitrogen and oxygen atoms in total. The summed E-state index contributed by atoms with van der Waals surface area (Å²) >= 11 is 0. The normalized spacial score (nSPS) is 11.1. The van der Waals surface area contributed by atoms with Gasteiger partial charge in [-0.15, -0.1) is 0 Å². The number of hydrogen-bond donors (Lipinski definition) is 1. The molecule has 0 saturated carbocycles. The van der Waals surface area contributed by atoms with Gasteiger partial charge in [-0.1, -0.05) is 30.3 Å². The highest BCUT2D eigenvalue weighted by molar-refractivity contribution is 5.81. The van der Waals surface area contributed by atoms with Gasteiger partial charge in [0, 0.05) is 11.1 Å². The van der Waals surface area contributed by atoms with Crippen LogP contribution in [0, 0.1) is 29.1 Å². The Balaban J connectivity index is 1.75. The second kappa shape index (κ2) is 10.4. The molecule has 0 fully saturated rings. The summed E-state index contributed by atoms with van der Waals surface area (Å²) in [5, 5.41) is 3.60. The van der Waals surface area contributed by atoms with Gasteiger partial charge in [0.2, 0.25) is 11.8 Å². The fourth-order valence-corrected chi connectivity index (χ4v) is 3.29. The van der Waals surface area contributed by atoms with Crippen molar-refractivity contribution in [1.29, 1.82) is 0 Å². The van der Waals surface area contributed by atoms with Gasteiger partial charge in [0.1, 0.15) is 0 Å². The lowest BCUT2D eigenvalue weighted by Gasteiger charge is -2.11. The summed E-state index contributed by atoms with van der Waals surface area (Å²) in [6, 6.07) is 15.9. The van der Waals surface area contributed by atoms with E-state index in [0.717, 1.165) is 5.56 Å². The molecule has 0 aliphatic rings. The third-order valence-electron chi connectivity index (χ3n) is 5.08. The molecule has 0 aliphatic carbocycles. The maximum atomic E-state index is 13.9. The van der Waals surface area contributed by atoms with Crippen molar-refractivity contribution >= 4 is 12.2 Å². The molecule has 0 unspecified atom stereocenters. The molecule has 0 aliphatic heterocycles. The van der Waals surface area contributed by atoms with Crippen molar-refractivity contribution in [2.45, 2.75) is 0 Å². The van der Waals surface area contributed by atoms with Gasteiger partial charge in [0.05, 0.1) is 37.4 Å². The Morgan fingerprint density at radius 2 is 1.28 bits per heavy atom. The number of hydrazone groups is 1. The van der Waals surface area contributed by atoms with Gasteiger partial charge in [-0.05, 0) is 24.3 Å². The van der Waals surface area contributed by atoms with Gasteiger partial charge in [-0.3, -0.25) is 0 Å². The molecular weight excluding hydrogens is 483 g/mol. The Kier molecular flexibility index (Phi) is 7.09. The zero-order chi connectivity index (χ0) is 25.8. The summed E-state index contributed by atoms with van der Waals surface area (Å²) < 4.78 is 78.7. The van der Waals surface area contributed by atoms with E-state index in [9.17, 15) is 22.0 Å². The third-order valence-corrected chi connectivity index (χ3v) is 5.08. The zero-order valence-corrected chi connectivity index (χ0v) is 18.8. The number of methoxy groups -OCH3 is 2. The summed E-state index contributed by atoms with van der Waals surface area (Å²) in [5.41, 5.74) is 3.44. The Morgan fingerprint density at radius 1 is 0.694 bits per heavy atom. The molecular formula is C25H17F5N4O2. The molecule has 184 valence electrons. The average molecular weight is 500 g/mol. The predicted octanol–water partition coefficient (Wildman–Crippen LogP) is 5.97. The Bertz CT molecular complexity index is 1420. The molecule has 0 amide bonds. The maximum absolute atomic E-state index is 13.9. The van der Waals surface area contributed by atoms with E-state index in [1.54, 1.807) is 24.3 Å². The highest BCUT2D eigenvalue weighted by Gasteiger charge is 2.24. The van der Waals surface area contributed by atoms with E-state index < -0.39 is 34.6 Å². The summed E-state index contributed by atoms with van der Waals surface area (Å²) in [7, 11) is 2.98. The minimum Gasteiger partial charge on any atom is -0.493 e. The van der Waals surface area contributed by atoms with Crippen LogP contribution >= 0.6 is 0 Å². The van der Waals surface area contributed by atoms with Crippen LogP contribution in [-0.4, -0.2) is 30.4 Å². The number of anilines is 1. The quantitative estimate of drug-likeness (QED) is 0.111. The van der Waals surface area contributed by atoms with Crippen molar-refractivity contribution in [3.05, 3.63) is 89.2 Å². The van der Waals surface area contributed by atoms with Gasteiger partial charge in [0.25, 0.3) is 0 Å². The van der Waals surface area contributed by atoms with Crippen LogP contribution in [0.5, 0.6) is 11.5 Å². The fourth-order valence-electron chi connectivity index (χ4n) is 3.29. The number of benzene rings is 3. The largest absolute Gasteiger partial charge is 0.493 e. The van der Waals surface area contributed by atoms with Crippen molar-refractivity contribution in [2.75, 3.05) is 19.6 Å². The van der Waals surface area contributed by atoms with Crippen molar-refractivity contribution < 1.29 is 31.4 Å². The standard InChI is InChI=1S/C25H17F5N4O2/c1-35-18-9-8-14(10-19(18)36-2)17-11-16(13-6-4-3-5-7-13)32-25(33-17)34-31-12-15-20(26)22(28)24(30)23(29)21(15)27/h3-12H,1-2H3,(H,32,33,34). The first kappa shape index (κ1) is 24.6. The Labute approximate surface area is 202 Å². The highest BCUT2D eigenvalue weighted by Crippen LogP contribution is 2.33. The Morgan fingerprint density at radius 3 is 1.89 bits per heavy atom. The summed E-state index contributed by atoms with van der Waals surface area (Å²) in [5.74, 6) is -9.57. The van der Waals surface area contributed by atoms with Crippen molar-refractivity contribution in [3.8, 4) is 34.0 Å². The number of aromatic nitrogens is 2. The predicted molar refractivity (Wildman–Crippen MR) is 123 cm³/mol. The number of ether oxygens (including phenoxy) is 2. The first-order valence-corrected chi connectivity index (χ1v) is 10.3. The molecule has 36 heavy (non-hydrogen) atoms. The van der Waals surface area contributed by atoms with Crippen LogP contribution in [0.3, 0.4) is 0 Å². The summed E-state index contributed by atoms with van der Waals surface area (Å²) in [6.45, 7) is 0. The molecule has 1 aromatic heterocycles. The van der Waals surface area contributed by atoms with Gasteiger partial charge in [0.15, 0.2) is 34.8 Å². The van der Waals surface area contributed by atoms with Gasteiger partial charge in [-0.25, -0.2) is 37.3 Å². The molecule has 1 N–H and O–H groups in total. The number of hydrogen-bond acceptors (Lipinski definition) is 6. The van der Waals surface area contributed by atoms with Crippen LogP contribution < -0.4 is 14.9 Å². The smallest absolute Gasteiger partial charge is 0.244 e. The van der Waals surface area contributed by atoms with E-state index in [1.165, 1.54) is 14.2 Å². The molecule has 0 radical (unpaired) electrons. The summed E-state index contributed by atoms with van der Waals surface area (Å²) in [6.07, 6.45) is 0.463. The first-order valence-electron chi connectivity index (χ1n) is 10.3. The topological polar surface area (TPSA) is 68.6 Å². The lowest BCUT2D eigenvalue weighted by molar-refractivity contribution is 0.355. The van der Waals surface area contributed by atoms with Gasteiger partial charge < -0.3 is 9.47 Å². The van der Waals surface area contributed by atoms with Gasteiger partial charge >= 0.3 is 0 Å². The highest BCUT2D eigenvalue weighted by atomic mass is 19.2. The van der Waals surface area contributed by atoms with Crippen molar-refractivity contribution in [3.63, 3.8) is 0 Å². The van der Waals surface area contributed by atoms with Crippen molar-refractivity contribution in [1.82, 2.24) is 9.97 Å². The Hall–Kier alpha value is -4.54. The number of halogens is 5. The molecule has 3 aromatic carbocycles. The molecule has 4 aromatic rings. The van der Waals surface area contributed by atoms with Crippen LogP contribution in [0.2, 0.25) is 0 Å². The molecule has 0 saturated heterocycles. The van der Waals surface area contributed by atoms with Crippen LogP contribution in [0.15, 0.2) is 59.7 Å². The lowest BCUT2D eigenvalue weighted by atomic mass is 10.1. The molecule has 1 heterocycles. The minimum absolute atomic E-state index is 0.0961. The first-order chi connectivity index (χ1) is 17.3. The number of nitrogens with one attached hydrogen (secondary N) is 1. The van der Waals surface area contributed by atoms with Crippen LogP contribution in [0.4, 0.5) is 27.9 Å². The maximum Gasteiger partial charge on any atom is 0.244 e. The molecule has 0 atom stereocenters. The summed E-state index contributed by atoms with van der Waals surface area (Å²) in [4.78, 5) is 8.70. The molecule has 0 bridgehead atoms. The molecule has 4 rings (SSSR count). The number of rotatable bonds is 7. The molecule has 11 heteroatoms. The van der Waals surface area contributed by atoms with Crippen molar-refractivity contribution in [2.24, 2.45) is 5.10 Å². The van der Waals surface area contributed by atoms with Crippen LogP contribution in [0.25, 0.3) is 22.5 Å². The second-order valence-corrected chi connectivity index (χ2v) is 7.25. The van der Waals surface area contributed by atoms with Crippen LogP contribution in [0.1, 0.15) is 5.56 Å². The van der Waals surface area contributed by atoms with Crippen LogP contribution in [-0.2, 0) is 0 Å². The monoisotopic (exact) mass is 500 g/mol. The third kappa shape index (κ3) is 4.81. The molecule has 0 spiro atoms. The second-order valence-electron chi connectivity index (χ2n) is 7.25. The van der Waals surface area contributed by atoms with E-state index >= 15 is 0 Å². The zero-order valence-electron chi connectivity index (χ0n) is 18.8. The van der Waals surface area contributed by atoms with E-state index in [-0.39, 0.29) is 5.95 Å². The minimum atomic E-state index is -2.26. The number of nitrogens with zero attached hydrogens (tertiary/aromatic N) is 3. The average Bonchev–Trinajstić information content (AvgIpc) is 2.92. The van der Waals surface area contributed by atoms with E-state index in [2.05, 4.69) is 20.5 Å². The van der Waals surface area contributed by atoms with E-state index in [4.69, 9.17) is 9.47 Å². The SMILES string of the molecule is COc1ccc(-c2cc(-c3ccccc3)nc(NN=Cc3c(F)c(F)c(F)c(F)c3F)n2)cc1OC. The van der Waals surface area contributed by atoms with E-state index in [0.29, 0.717) is 34.7 Å². The fraction of sp³-hybridized carbons (Fsp3) is 0.0800. The lowest BCUT2D eigenvalue weighted by Crippen LogP contribution is -2.07. The van der Waals surface area contributed by atoms with E-state index in [1.807, 2.05) is 30.3 Å².